The van der Waals surface area contributed by atoms with E-state index < -0.39 is 6.04 Å². The maximum atomic E-state index is 12.5. The summed E-state index contributed by atoms with van der Waals surface area (Å²) in [6, 6.07) is 8.81. The highest BCUT2D eigenvalue weighted by atomic mass is 16.2. The lowest BCUT2D eigenvalue weighted by Gasteiger charge is -2.40. The second kappa shape index (κ2) is 7.06. The molecule has 0 bridgehead atoms. The van der Waals surface area contributed by atoms with Crippen LogP contribution in [0.5, 0.6) is 0 Å². The van der Waals surface area contributed by atoms with Gasteiger partial charge in [-0.15, -0.1) is 0 Å². The number of carbonyl (C=O) groups excluding carboxylic acids is 3. The molecule has 1 unspecified atom stereocenters. The minimum atomic E-state index is -0.626. The molecule has 118 valence electrons. The molecule has 1 saturated heterocycles. The van der Waals surface area contributed by atoms with Crippen LogP contribution < -0.4 is 5.32 Å². The van der Waals surface area contributed by atoms with E-state index in [-0.39, 0.29) is 30.7 Å². The van der Waals surface area contributed by atoms with Gasteiger partial charge in [-0.05, 0) is 5.56 Å². The Morgan fingerprint density at radius 3 is 2.45 bits per heavy atom. The number of carbonyl (C=O) groups is 3. The largest absolute Gasteiger partial charge is 0.357 e. The fourth-order valence-electron chi connectivity index (χ4n) is 2.63. The zero-order valence-electron chi connectivity index (χ0n) is 12.9. The fourth-order valence-corrected chi connectivity index (χ4v) is 2.63. The Bertz CT molecular complexity index is 559. The van der Waals surface area contributed by atoms with Gasteiger partial charge in [0.05, 0.1) is 13.0 Å². The zero-order valence-corrected chi connectivity index (χ0v) is 12.9. The van der Waals surface area contributed by atoms with Crippen molar-refractivity contribution in [1.29, 1.82) is 0 Å². The van der Waals surface area contributed by atoms with Crippen LogP contribution in [0.2, 0.25) is 0 Å². The summed E-state index contributed by atoms with van der Waals surface area (Å²) in [5, 5.41) is 2.57. The van der Waals surface area contributed by atoms with Crippen LogP contribution in [0.25, 0.3) is 0 Å². The van der Waals surface area contributed by atoms with Crippen LogP contribution in [-0.4, -0.2) is 60.2 Å². The number of hydrogen-bond acceptors (Lipinski definition) is 3. The Kier molecular flexibility index (Phi) is 5.14. The normalized spacial score (nSPS) is 18.0. The molecule has 1 aliphatic heterocycles. The average Bonchev–Trinajstić information content (AvgIpc) is 2.54. The molecule has 1 aromatic carbocycles. The van der Waals surface area contributed by atoms with E-state index in [1.807, 2.05) is 30.3 Å². The lowest BCUT2D eigenvalue weighted by Crippen LogP contribution is -2.61. The van der Waals surface area contributed by atoms with E-state index in [1.165, 1.54) is 14.0 Å². The van der Waals surface area contributed by atoms with Gasteiger partial charge < -0.3 is 15.1 Å². The smallest absolute Gasteiger partial charge is 0.244 e. The van der Waals surface area contributed by atoms with Crippen molar-refractivity contribution in [3.8, 4) is 0 Å². The summed E-state index contributed by atoms with van der Waals surface area (Å²) >= 11 is 0. The van der Waals surface area contributed by atoms with Crippen molar-refractivity contribution in [3.05, 3.63) is 35.9 Å². The van der Waals surface area contributed by atoms with Crippen LogP contribution in [0.1, 0.15) is 12.5 Å². The van der Waals surface area contributed by atoms with Gasteiger partial charge in [0, 0.05) is 27.1 Å². The minimum Gasteiger partial charge on any atom is -0.357 e. The molecular weight excluding hydrogens is 282 g/mol. The highest BCUT2D eigenvalue weighted by Crippen LogP contribution is 2.13. The lowest BCUT2D eigenvalue weighted by molar-refractivity contribution is -0.147. The Labute approximate surface area is 130 Å². The van der Waals surface area contributed by atoms with Crippen LogP contribution in [0, 0.1) is 0 Å². The Hall–Kier alpha value is -2.37. The predicted molar refractivity (Wildman–Crippen MR) is 82.0 cm³/mol. The third-order valence-electron chi connectivity index (χ3n) is 3.89. The molecular formula is C16H21N3O3. The van der Waals surface area contributed by atoms with Gasteiger partial charge in [0.2, 0.25) is 17.7 Å². The monoisotopic (exact) mass is 303 g/mol. The van der Waals surface area contributed by atoms with Crippen molar-refractivity contribution in [2.24, 2.45) is 0 Å². The second-order valence-electron chi connectivity index (χ2n) is 5.34. The zero-order chi connectivity index (χ0) is 16.1. The quantitative estimate of drug-likeness (QED) is 0.857. The predicted octanol–water partition coefficient (Wildman–Crippen LogP) is 0.0344. The SMILES string of the molecule is CNC(=O)C1CN(C(C)=O)CCN1C(=O)Cc1ccccc1. The number of nitrogens with one attached hydrogen (secondary N) is 1. The number of hydrogen-bond donors (Lipinski definition) is 1. The van der Waals surface area contributed by atoms with Crippen molar-refractivity contribution in [1.82, 2.24) is 15.1 Å². The molecule has 0 radical (unpaired) electrons. The number of piperazine rings is 1. The summed E-state index contributed by atoms with van der Waals surface area (Å²) < 4.78 is 0. The van der Waals surface area contributed by atoms with Gasteiger partial charge >= 0.3 is 0 Å². The molecule has 0 spiro atoms. The lowest BCUT2D eigenvalue weighted by atomic mass is 10.1. The van der Waals surface area contributed by atoms with E-state index in [4.69, 9.17) is 0 Å². The van der Waals surface area contributed by atoms with Crippen molar-refractivity contribution >= 4 is 17.7 Å². The molecule has 0 aliphatic carbocycles. The van der Waals surface area contributed by atoms with Gasteiger partial charge in [-0.25, -0.2) is 0 Å². The van der Waals surface area contributed by atoms with Crippen LogP contribution in [-0.2, 0) is 20.8 Å². The first-order valence-electron chi connectivity index (χ1n) is 7.33. The Morgan fingerprint density at radius 1 is 1.18 bits per heavy atom. The molecule has 1 aromatic rings. The molecule has 1 aliphatic rings. The highest BCUT2D eigenvalue weighted by Gasteiger charge is 2.35. The van der Waals surface area contributed by atoms with Crippen LogP contribution >= 0.6 is 0 Å². The highest BCUT2D eigenvalue weighted by molar-refractivity contribution is 5.89. The Morgan fingerprint density at radius 2 is 1.86 bits per heavy atom. The molecule has 6 heteroatoms. The summed E-state index contributed by atoms with van der Waals surface area (Å²) in [5.74, 6) is -0.417. The first kappa shape index (κ1) is 16.0. The number of amides is 3. The third kappa shape index (κ3) is 3.63. The van der Waals surface area contributed by atoms with Gasteiger partial charge in [0.1, 0.15) is 6.04 Å². The van der Waals surface area contributed by atoms with E-state index in [0.29, 0.717) is 13.1 Å². The molecule has 22 heavy (non-hydrogen) atoms. The molecule has 2 rings (SSSR count). The third-order valence-corrected chi connectivity index (χ3v) is 3.89. The van der Waals surface area contributed by atoms with E-state index in [9.17, 15) is 14.4 Å². The topological polar surface area (TPSA) is 69.7 Å². The molecule has 6 nitrogen and oxygen atoms in total. The second-order valence-corrected chi connectivity index (χ2v) is 5.34. The van der Waals surface area contributed by atoms with E-state index >= 15 is 0 Å². The fraction of sp³-hybridized carbons (Fsp3) is 0.438. The summed E-state index contributed by atoms with van der Waals surface area (Å²) in [6.45, 7) is 2.56. The van der Waals surface area contributed by atoms with E-state index in [1.54, 1.807) is 9.80 Å². The summed E-state index contributed by atoms with van der Waals surface area (Å²) in [5.41, 5.74) is 0.914. The van der Waals surface area contributed by atoms with E-state index in [0.717, 1.165) is 5.56 Å². The molecule has 1 atom stereocenters. The van der Waals surface area contributed by atoms with E-state index in [2.05, 4.69) is 5.32 Å². The number of benzene rings is 1. The number of rotatable bonds is 3. The standard InChI is InChI=1S/C16H21N3O3/c1-12(20)18-8-9-19(14(11-18)16(22)17-2)15(21)10-13-6-4-3-5-7-13/h3-7,14H,8-11H2,1-2H3,(H,17,22). The average molecular weight is 303 g/mol. The molecule has 0 aromatic heterocycles. The molecule has 3 amide bonds. The first-order chi connectivity index (χ1) is 10.5. The van der Waals surface area contributed by atoms with Gasteiger partial charge in [-0.3, -0.25) is 14.4 Å². The molecule has 1 fully saturated rings. The van der Waals surface area contributed by atoms with Gasteiger partial charge in [-0.2, -0.15) is 0 Å². The summed E-state index contributed by atoms with van der Waals surface area (Å²) in [7, 11) is 1.54. The van der Waals surface area contributed by atoms with Gasteiger partial charge in [0.25, 0.3) is 0 Å². The molecule has 0 saturated carbocycles. The maximum Gasteiger partial charge on any atom is 0.244 e. The van der Waals surface area contributed by atoms with Crippen LogP contribution in [0.15, 0.2) is 30.3 Å². The van der Waals surface area contributed by atoms with Crippen molar-refractivity contribution < 1.29 is 14.4 Å². The van der Waals surface area contributed by atoms with Gasteiger partial charge in [0.15, 0.2) is 0 Å². The molecule has 1 N–H and O–H groups in total. The van der Waals surface area contributed by atoms with Crippen LogP contribution in [0.3, 0.4) is 0 Å². The van der Waals surface area contributed by atoms with Crippen LogP contribution in [0.4, 0.5) is 0 Å². The molecule has 1 heterocycles. The summed E-state index contributed by atoms with van der Waals surface area (Å²) in [4.78, 5) is 39.3. The number of likely N-dealkylation sites (N-methyl/N-ethyl adjacent to an activating group) is 1. The first-order valence-corrected chi connectivity index (χ1v) is 7.33. The minimum absolute atomic E-state index is 0.0796. The van der Waals surface area contributed by atoms with Crippen molar-refractivity contribution in [3.63, 3.8) is 0 Å². The van der Waals surface area contributed by atoms with Gasteiger partial charge in [-0.1, -0.05) is 30.3 Å². The Balaban J connectivity index is 2.11. The maximum absolute atomic E-state index is 12.5. The van der Waals surface area contributed by atoms with Crippen molar-refractivity contribution in [2.45, 2.75) is 19.4 Å². The summed E-state index contributed by atoms with van der Waals surface area (Å²) in [6.07, 6.45) is 0.258. The number of nitrogens with zero attached hydrogens (tertiary/aromatic N) is 2. The van der Waals surface area contributed by atoms with Crippen molar-refractivity contribution in [2.75, 3.05) is 26.7 Å².